The molecular weight excluding hydrogens is 193 g/mol. The Balaban J connectivity index is 2.61. The lowest BCUT2D eigenvalue weighted by atomic mass is 10.2. The summed E-state index contributed by atoms with van der Waals surface area (Å²) in [5.41, 5.74) is 2.49. The van der Waals surface area contributed by atoms with Gasteiger partial charge in [0.05, 0.1) is 23.6 Å². The highest BCUT2D eigenvalue weighted by Gasteiger charge is 2.06. The first-order valence-electron chi connectivity index (χ1n) is 4.61. The summed E-state index contributed by atoms with van der Waals surface area (Å²) in [6, 6.07) is 4.58. The van der Waals surface area contributed by atoms with Gasteiger partial charge in [-0.15, -0.1) is 0 Å². The molecule has 15 heavy (non-hydrogen) atoms. The lowest BCUT2D eigenvalue weighted by molar-refractivity contribution is 0.629. The van der Waals surface area contributed by atoms with Crippen molar-refractivity contribution < 1.29 is 4.39 Å². The first-order valence-corrected chi connectivity index (χ1v) is 4.61. The molecule has 3 aromatic rings. The van der Waals surface area contributed by atoms with Gasteiger partial charge in [0.15, 0.2) is 0 Å². The molecule has 0 bridgehead atoms. The Kier molecular flexibility index (Phi) is 1.54. The van der Waals surface area contributed by atoms with Crippen LogP contribution in [0, 0.1) is 5.82 Å². The van der Waals surface area contributed by atoms with Crippen molar-refractivity contribution in [2.45, 2.75) is 0 Å². The molecule has 0 saturated carbocycles. The fourth-order valence-electron chi connectivity index (χ4n) is 1.81. The quantitative estimate of drug-likeness (QED) is 0.558. The third-order valence-corrected chi connectivity index (χ3v) is 2.50. The summed E-state index contributed by atoms with van der Waals surface area (Å²) in [6.07, 6.45) is 3.41. The van der Waals surface area contributed by atoms with Gasteiger partial charge in [-0.25, -0.2) is 9.37 Å². The highest BCUT2D eigenvalue weighted by atomic mass is 19.1. The standard InChI is InChI=1S/C11H8FN3/c1-15-6-14-10-5-13-9-3-2-7(12)4-8(9)11(10)15/h2-6H,1H3. The van der Waals surface area contributed by atoms with Crippen LogP contribution in [0.3, 0.4) is 0 Å². The third kappa shape index (κ3) is 1.11. The van der Waals surface area contributed by atoms with Crippen LogP contribution in [0.5, 0.6) is 0 Å². The van der Waals surface area contributed by atoms with E-state index in [4.69, 9.17) is 0 Å². The summed E-state index contributed by atoms with van der Waals surface area (Å²) < 4.78 is 15.0. The molecule has 1 aromatic carbocycles. The van der Waals surface area contributed by atoms with E-state index in [9.17, 15) is 4.39 Å². The number of hydrogen-bond donors (Lipinski definition) is 0. The SMILES string of the molecule is Cn1cnc2cnc3ccc(F)cc3c21. The van der Waals surface area contributed by atoms with E-state index in [1.807, 2.05) is 11.6 Å². The number of benzene rings is 1. The number of rotatable bonds is 0. The molecule has 0 aliphatic carbocycles. The van der Waals surface area contributed by atoms with Gasteiger partial charge in [-0.2, -0.15) is 0 Å². The van der Waals surface area contributed by atoms with Gasteiger partial charge in [-0.3, -0.25) is 4.98 Å². The van der Waals surface area contributed by atoms with E-state index in [0.29, 0.717) is 0 Å². The molecule has 0 unspecified atom stereocenters. The zero-order chi connectivity index (χ0) is 10.4. The van der Waals surface area contributed by atoms with Gasteiger partial charge < -0.3 is 4.57 Å². The highest BCUT2D eigenvalue weighted by Crippen LogP contribution is 2.22. The molecule has 0 radical (unpaired) electrons. The maximum absolute atomic E-state index is 13.1. The number of pyridine rings is 1. The maximum atomic E-state index is 13.1. The second-order valence-corrected chi connectivity index (χ2v) is 3.51. The van der Waals surface area contributed by atoms with Gasteiger partial charge in [0.1, 0.15) is 11.3 Å². The summed E-state index contributed by atoms with van der Waals surface area (Å²) in [6.45, 7) is 0. The summed E-state index contributed by atoms with van der Waals surface area (Å²) in [5.74, 6) is -0.252. The average molecular weight is 201 g/mol. The molecule has 2 heterocycles. The van der Waals surface area contributed by atoms with E-state index in [1.54, 1.807) is 18.6 Å². The molecule has 0 fully saturated rings. The number of nitrogens with zero attached hydrogens (tertiary/aromatic N) is 3. The smallest absolute Gasteiger partial charge is 0.124 e. The van der Waals surface area contributed by atoms with Crippen LogP contribution in [0.25, 0.3) is 21.9 Å². The van der Waals surface area contributed by atoms with Crippen molar-refractivity contribution in [3.05, 3.63) is 36.5 Å². The molecule has 3 nitrogen and oxygen atoms in total. The van der Waals surface area contributed by atoms with Crippen molar-refractivity contribution in [2.24, 2.45) is 7.05 Å². The fraction of sp³-hybridized carbons (Fsp3) is 0.0909. The molecule has 74 valence electrons. The molecule has 0 atom stereocenters. The highest BCUT2D eigenvalue weighted by molar-refractivity contribution is 6.01. The third-order valence-electron chi connectivity index (χ3n) is 2.50. The molecular formula is C11H8FN3. The van der Waals surface area contributed by atoms with Crippen LogP contribution in [0.2, 0.25) is 0 Å². The van der Waals surface area contributed by atoms with Gasteiger partial charge in [0, 0.05) is 12.4 Å². The fourth-order valence-corrected chi connectivity index (χ4v) is 1.81. The van der Waals surface area contributed by atoms with Crippen LogP contribution in [-0.2, 0) is 7.05 Å². The minimum atomic E-state index is -0.252. The molecule has 0 amide bonds. The van der Waals surface area contributed by atoms with Gasteiger partial charge in [-0.1, -0.05) is 0 Å². The van der Waals surface area contributed by atoms with Crippen molar-refractivity contribution >= 4 is 21.9 Å². The number of hydrogen-bond acceptors (Lipinski definition) is 2. The molecule has 2 aromatic heterocycles. The van der Waals surface area contributed by atoms with E-state index in [2.05, 4.69) is 9.97 Å². The lowest BCUT2D eigenvalue weighted by Crippen LogP contribution is -1.88. The molecule has 0 N–H and O–H groups in total. The van der Waals surface area contributed by atoms with Crippen LogP contribution in [-0.4, -0.2) is 14.5 Å². The van der Waals surface area contributed by atoms with Crippen molar-refractivity contribution in [3.8, 4) is 0 Å². The topological polar surface area (TPSA) is 30.7 Å². The Bertz CT molecular complexity index is 657. The van der Waals surface area contributed by atoms with Gasteiger partial charge >= 0.3 is 0 Å². The minimum absolute atomic E-state index is 0.252. The zero-order valence-corrected chi connectivity index (χ0v) is 8.11. The van der Waals surface area contributed by atoms with Gasteiger partial charge in [0.25, 0.3) is 0 Å². The van der Waals surface area contributed by atoms with E-state index in [1.165, 1.54) is 12.1 Å². The van der Waals surface area contributed by atoms with Crippen molar-refractivity contribution in [1.82, 2.24) is 14.5 Å². The van der Waals surface area contributed by atoms with Gasteiger partial charge in [0.2, 0.25) is 0 Å². The second kappa shape index (κ2) is 2.76. The van der Waals surface area contributed by atoms with Crippen molar-refractivity contribution in [1.29, 1.82) is 0 Å². The number of imidazole rings is 1. The van der Waals surface area contributed by atoms with E-state index >= 15 is 0 Å². The van der Waals surface area contributed by atoms with Crippen LogP contribution in [0.1, 0.15) is 0 Å². The van der Waals surface area contributed by atoms with E-state index < -0.39 is 0 Å². The molecule has 4 heteroatoms. The van der Waals surface area contributed by atoms with E-state index in [-0.39, 0.29) is 5.82 Å². The Labute approximate surface area is 85.2 Å². The molecule has 0 spiro atoms. The van der Waals surface area contributed by atoms with Gasteiger partial charge in [-0.05, 0) is 18.2 Å². The maximum Gasteiger partial charge on any atom is 0.124 e. The van der Waals surface area contributed by atoms with Crippen LogP contribution < -0.4 is 0 Å². The molecule has 0 aliphatic rings. The Morgan fingerprint density at radius 1 is 1.20 bits per heavy atom. The monoisotopic (exact) mass is 201 g/mol. The first-order chi connectivity index (χ1) is 7.25. The number of aryl methyl sites for hydroxylation is 1. The van der Waals surface area contributed by atoms with Crippen LogP contribution in [0.4, 0.5) is 4.39 Å². The first kappa shape index (κ1) is 8.35. The van der Waals surface area contributed by atoms with Crippen molar-refractivity contribution in [3.63, 3.8) is 0 Å². The summed E-state index contributed by atoms with van der Waals surface area (Å²) >= 11 is 0. The number of fused-ring (bicyclic) bond motifs is 3. The average Bonchev–Trinajstić information content (AvgIpc) is 2.60. The predicted octanol–water partition coefficient (Wildman–Crippen LogP) is 2.26. The lowest BCUT2D eigenvalue weighted by Gasteiger charge is -2.00. The molecule has 3 rings (SSSR count). The summed E-state index contributed by atoms with van der Waals surface area (Å²) in [4.78, 5) is 8.40. The zero-order valence-electron chi connectivity index (χ0n) is 8.11. The summed E-state index contributed by atoms with van der Waals surface area (Å²) in [7, 11) is 1.89. The second-order valence-electron chi connectivity index (χ2n) is 3.51. The Morgan fingerprint density at radius 2 is 2.07 bits per heavy atom. The molecule has 0 saturated heterocycles. The van der Waals surface area contributed by atoms with Crippen molar-refractivity contribution in [2.75, 3.05) is 0 Å². The predicted molar refractivity (Wildman–Crippen MR) is 56.0 cm³/mol. The van der Waals surface area contributed by atoms with E-state index in [0.717, 1.165) is 21.9 Å². The minimum Gasteiger partial charge on any atom is -0.333 e. The number of aromatic nitrogens is 3. The summed E-state index contributed by atoms with van der Waals surface area (Å²) in [5, 5.41) is 0.799. The Morgan fingerprint density at radius 3 is 2.93 bits per heavy atom. The number of halogens is 1. The van der Waals surface area contributed by atoms with Crippen LogP contribution in [0.15, 0.2) is 30.7 Å². The largest absolute Gasteiger partial charge is 0.333 e. The van der Waals surface area contributed by atoms with Crippen LogP contribution >= 0.6 is 0 Å². The Hall–Kier alpha value is -1.97. The normalized spacial score (nSPS) is 11.3. The molecule has 0 aliphatic heterocycles.